The van der Waals surface area contributed by atoms with Crippen LogP contribution in [0.5, 0.6) is 5.75 Å². The first-order valence-electron chi connectivity index (χ1n) is 9.31. The second-order valence-corrected chi connectivity index (χ2v) is 7.38. The van der Waals surface area contributed by atoms with Crippen LogP contribution in [0.25, 0.3) is 0 Å². The topological polar surface area (TPSA) is 106 Å². The highest BCUT2D eigenvalue weighted by Gasteiger charge is 2.48. The molecule has 27 heavy (non-hydrogen) atoms. The molecule has 3 amide bonds. The zero-order chi connectivity index (χ0) is 18.9. The van der Waals surface area contributed by atoms with Crippen LogP contribution in [0.1, 0.15) is 32.1 Å². The lowest BCUT2D eigenvalue weighted by molar-refractivity contribution is -0.138. The Morgan fingerprint density at radius 1 is 1.15 bits per heavy atom. The number of benzene rings is 1. The van der Waals surface area contributed by atoms with Crippen molar-refractivity contribution in [3.63, 3.8) is 0 Å². The average molecular weight is 373 g/mol. The normalized spacial score (nSPS) is 23.6. The molecule has 2 aliphatic heterocycles. The van der Waals surface area contributed by atoms with Crippen LogP contribution in [-0.2, 0) is 19.1 Å². The number of carbonyl (C=O) groups is 3. The largest absolute Gasteiger partial charge is 0.486 e. The maximum Gasteiger partial charge on any atom is 0.313 e. The van der Waals surface area contributed by atoms with Gasteiger partial charge in [-0.3, -0.25) is 14.4 Å². The van der Waals surface area contributed by atoms with Crippen molar-refractivity contribution in [1.29, 1.82) is 0 Å². The van der Waals surface area contributed by atoms with Gasteiger partial charge >= 0.3 is 11.8 Å². The molecule has 2 heterocycles. The molecule has 8 heteroatoms. The summed E-state index contributed by atoms with van der Waals surface area (Å²) in [7, 11) is 0. The van der Waals surface area contributed by atoms with Crippen molar-refractivity contribution in [2.24, 2.45) is 0 Å². The van der Waals surface area contributed by atoms with Crippen LogP contribution in [0, 0.1) is 0 Å². The Morgan fingerprint density at radius 2 is 1.89 bits per heavy atom. The van der Waals surface area contributed by atoms with E-state index in [2.05, 4.69) is 16.0 Å². The lowest BCUT2D eigenvalue weighted by Crippen LogP contribution is -2.69. The zero-order valence-corrected chi connectivity index (χ0v) is 15.0. The molecular weight excluding hydrogens is 350 g/mol. The first-order chi connectivity index (χ1) is 13.0. The molecule has 0 radical (unpaired) electrons. The van der Waals surface area contributed by atoms with Gasteiger partial charge in [0.15, 0.2) is 0 Å². The summed E-state index contributed by atoms with van der Waals surface area (Å²) in [5.41, 5.74) is 0.137. The SMILES string of the molecule is O=C1CCC(NC(=O)C(=O)Nc2ccc(OC3COC3)cc2)C2(CCC2)N1. The predicted molar refractivity (Wildman–Crippen MR) is 96.2 cm³/mol. The molecule has 144 valence electrons. The fourth-order valence-electron chi connectivity index (χ4n) is 3.72. The van der Waals surface area contributed by atoms with E-state index >= 15 is 0 Å². The van der Waals surface area contributed by atoms with Crippen LogP contribution in [0.3, 0.4) is 0 Å². The van der Waals surface area contributed by atoms with Gasteiger partial charge in [0.2, 0.25) is 5.91 Å². The number of hydrogen-bond donors (Lipinski definition) is 3. The smallest absolute Gasteiger partial charge is 0.313 e. The molecule has 1 spiro atoms. The number of carbonyl (C=O) groups excluding carboxylic acids is 3. The monoisotopic (exact) mass is 373 g/mol. The van der Waals surface area contributed by atoms with Crippen LogP contribution in [0.4, 0.5) is 5.69 Å². The number of anilines is 1. The fourth-order valence-corrected chi connectivity index (χ4v) is 3.72. The lowest BCUT2D eigenvalue weighted by atomic mass is 9.68. The summed E-state index contributed by atoms with van der Waals surface area (Å²) in [6, 6.07) is 6.66. The third kappa shape index (κ3) is 3.75. The summed E-state index contributed by atoms with van der Waals surface area (Å²) in [5, 5.41) is 8.39. The van der Waals surface area contributed by atoms with Crippen molar-refractivity contribution < 1.29 is 23.9 Å². The van der Waals surface area contributed by atoms with Crippen molar-refractivity contribution in [1.82, 2.24) is 10.6 Å². The molecule has 1 saturated carbocycles. The van der Waals surface area contributed by atoms with Gasteiger partial charge in [-0.1, -0.05) is 0 Å². The summed E-state index contributed by atoms with van der Waals surface area (Å²) in [6.07, 6.45) is 3.67. The van der Waals surface area contributed by atoms with Crippen LogP contribution < -0.4 is 20.7 Å². The molecule has 8 nitrogen and oxygen atoms in total. The van der Waals surface area contributed by atoms with Crippen molar-refractivity contribution in [2.45, 2.75) is 49.8 Å². The zero-order valence-electron chi connectivity index (χ0n) is 15.0. The molecule has 3 aliphatic rings. The summed E-state index contributed by atoms with van der Waals surface area (Å²) in [4.78, 5) is 36.2. The quantitative estimate of drug-likeness (QED) is 0.675. The van der Waals surface area contributed by atoms with E-state index in [-0.39, 0.29) is 23.6 Å². The maximum absolute atomic E-state index is 12.3. The molecule has 0 aromatic heterocycles. The Balaban J connectivity index is 1.31. The Bertz CT molecular complexity index is 740. The summed E-state index contributed by atoms with van der Waals surface area (Å²) in [5.74, 6) is -0.701. The van der Waals surface area contributed by atoms with Gasteiger partial charge in [0.05, 0.1) is 24.8 Å². The molecule has 1 aliphatic carbocycles. The van der Waals surface area contributed by atoms with Crippen molar-refractivity contribution in [3.05, 3.63) is 24.3 Å². The third-order valence-electron chi connectivity index (χ3n) is 5.50. The molecule has 3 fully saturated rings. The van der Waals surface area contributed by atoms with Gasteiger partial charge in [-0.15, -0.1) is 0 Å². The van der Waals surface area contributed by atoms with Crippen molar-refractivity contribution in [2.75, 3.05) is 18.5 Å². The molecule has 1 aromatic rings. The Labute approximate surface area is 157 Å². The van der Waals surface area contributed by atoms with E-state index < -0.39 is 11.8 Å². The number of rotatable bonds is 4. The number of piperidine rings is 1. The van der Waals surface area contributed by atoms with Crippen LogP contribution in [0.2, 0.25) is 0 Å². The van der Waals surface area contributed by atoms with E-state index in [1.807, 2.05) is 0 Å². The van der Waals surface area contributed by atoms with Crippen molar-refractivity contribution >= 4 is 23.4 Å². The highest BCUT2D eigenvalue weighted by molar-refractivity contribution is 6.39. The first-order valence-corrected chi connectivity index (χ1v) is 9.31. The van der Waals surface area contributed by atoms with E-state index in [1.165, 1.54) is 0 Å². The van der Waals surface area contributed by atoms with Crippen LogP contribution in [0.15, 0.2) is 24.3 Å². The van der Waals surface area contributed by atoms with Crippen molar-refractivity contribution in [3.8, 4) is 5.75 Å². The lowest BCUT2D eigenvalue weighted by Gasteiger charge is -2.50. The van der Waals surface area contributed by atoms with E-state index in [4.69, 9.17) is 9.47 Å². The van der Waals surface area contributed by atoms with Crippen LogP contribution in [-0.4, -0.2) is 48.6 Å². The number of amides is 3. The highest BCUT2D eigenvalue weighted by Crippen LogP contribution is 2.38. The Hall–Kier alpha value is -2.61. The van der Waals surface area contributed by atoms with Gasteiger partial charge in [0.1, 0.15) is 11.9 Å². The number of nitrogens with one attached hydrogen (secondary N) is 3. The number of ether oxygens (including phenoxy) is 2. The van der Waals surface area contributed by atoms with Gasteiger partial charge in [-0.05, 0) is 49.9 Å². The van der Waals surface area contributed by atoms with E-state index in [0.717, 1.165) is 19.3 Å². The molecule has 3 N–H and O–H groups in total. The molecule has 0 bridgehead atoms. The van der Waals surface area contributed by atoms with Gasteiger partial charge in [-0.2, -0.15) is 0 Å². The molecule has 4 rings (SSSR count). The minimum atomic E-state index is -0.720. The minimum Gasteiger partial charge on any atom is -0.486 e. The average Bonchev–Trinajstić information content (AvgIpc) is 2.59. The summed E-state index contributed by atoms with van der Waals surface area (Å²) >= 11 is 0. The highest BCUT2D eigenvalue weighted by atomic mass is 16.6. The summed E-state index contributed by atoms with van der Waals surface area (Å²) in [6.45, 7) is 1.17. The van der Waals surface area contributed by atoms with Gasteiger partial charge in [0, 0.05) is 12.1 Å². The third-order valence-corrected chi connectivity index (χ3v) is 5.50. The van der Waals surface area contributed by atoms with E-state index in [1.54, 1.807) is 24.3 Å². The van der Waals surface area contributed by atoms with E-state index in [9.17, 15) is 14.4 Å². The standard InChI is InChI=1S/C19H23N3O5/c23-16-7-6-15(19(22-16)8-1-9-19)21-18(25)17(24)20-12-2-4-13(5-3-12)27-14-10-26-11-14/h2-5,14-15H,1,6-11H2,(H,20,24)(H,21,25)(H,22,23). The van der Waals surface area contributed by atoms with E-state index in [0.29, 0.717) is 37.5 Å². The van der Waals surface area contributed by atoms with Gasteiger partial charge in [0.25, 0.3) is 0 Å². The molecule has 1 unspecified atom stereocenters. The fraction of sp³-hybridized carbons (Fsp3) is 0.526. The second-order valence-electron chi connectivity index (χ2n) is 7.38. The minimum absolute atomic E-state index is 0.0143. The van der Waals surface area contributed by atoms with Gasteiger partial charge < -0.3 is 25.4 Å². The maximum atomic E-state index is 12.3. The molecular formula is C19H23N3O5. The van der Waals surface area contributed by atoms with Crippen LogP contribution >= 0.6 is 0 Å². The summed E-state index contributed by atoms with van der Waals surface area (Å²) < 4.78 is 10.7. The molecule has 2 saturated heterocycles. The predicted octanol–water partition coefficient (Wildman–Crippen LogP) is 0.720. The first kappa shape index (κ1) is 17.8. The second kappa shape index (κ2) is 7.19. The molecule has 1 aromatic carbocycles. The number of hydrogen-bond acceptors (Lipinski definition) is 5. The Morgan fingerprint density at radius 3 is 2.48 bits per heavy atom. The van der Waals surface area contributed by atoms with Gasteiger partial charge in [-0.25, -0.2) is 0 Å². The Kier molecular flexibility index (Phi) is 4.73. The molecule has 1 atom stereocenters.